The predicted molar refractivity (Wildman–Crippen MR) is 153 cm³/mol. The van der Waals surface area contributed by atoms with Crippen LogP contribution in [0.2, 0.25) is 5.02 Å². The van der Waals surface area contributed by atoms with Crippen LogP contribution in [0.1, 0.15) is 27.4 Å². The van der Waals surface area contributed by atoms with Gasteiger partial charge in [-0.3, -0.25) is 9.59 Å². The number of rotatable bonds is 6. The molecule has 0 radical (unpaired) electrons. The summed E-state index contributed by atoms with van der Waals surface area (Å²) in [6, 6.07) is 20.9. The van der Waals surface area contributed by atoms with E-state index in [9.17, 15) is 9.59 Å². The van der Waals surface area contributed by atoms with E-state index in [4.69, 9.17) is 21.1 Å². The normalized spacial score (nSPS) is 19.2. The summed E-state index contributed by atoms with van der Waals surface area (Å²) in [5.41, 5.74) is 3.87. The number of likely N-dealkylation sites (tertiary alicyclic amines) is 1. The van der Waals surface area contributed by atoms with Crippen molar-refractivity contribution in [2.75, 3.05) is 58.4 Å². The second kappa shape index (κ2) is 11.6. The smallest absolute Gasteiger partial charge is 0.253 e. The average molecular weight is 548 g/mol. The van der Waals surface area contributed by atoms with Gasteiger partial charge in [-0.25, -0.2) is 0 Å². The Hall–Kier alpha value is -3.71. The van der Waals surface area contributed by atoms with Gasteiger partial charge in [0, 0.05) is 67.0 Å². The number of ether oxygens (including phenoxy) is 2. The van der Waals surface area contributed by atoms with Crippen molar-refractivity contribution in [2.45, 2.75) is 12.8 Å². The van der Waals surface area contributed by atoms with Gasteiger partial charge in [0.15, 0.2) is 0 Å². The SMILES string of the molecule is COc1ccc(OC)c([C@H]2CN(C(=O)c3ccc(Cl)cc3)C[C@H]2C(=O)N2CCN(c3ccccc3C)CC2)c1. The Kier molecular flexibility index (Phi) is 7.98. The van der Waals surface area contributed by atoms with Crippen LogP contribution in [-0.4, -0.2) is 75.1 Å². The van der Waals surface area contributed by atoms with E-state index in [1.54, 1.807) is 43.4 Å². The minimum absolute atomic E-state index is 0.0701. The predicted octanol–water partition coefficient (Wildman–Crippen LogP) is 4.87. The molecule has 0 spiro atoms. The summed E-state index contributed by atoms with van der Waals surface area (Å²) in [5.74, 6) is 0.703. The van der Waals surface area contributed by atoms with E-state index in [0.717, 1.165) is 18.7 Å². The number of anilines is 1. The molecule has 0 unspecified atom stereocenters. The zero-order chi connectivity index (χ0) is 27.5. The zero-order valence-electron chi connectivity index (χ0n) is 22.6. The molecule has 2 saturated heterocycles. The van der Waals surface area contributed by atoms with Gasteiger partial charge >= 0.3 is 0 Å². The highest BCUT2D eigenvalue weighted by atomic mass is 35.5. The van der Waals surface area contributed by atoms with E-state index in [2.05, 4.69) is 30.0 Å². The summed E-state index contributed by atoms with van der Waals surface area (Å²) in [5, 5.41) is 0.574. The lowest BCUT2D eigenvalue weighted by molar-refractivity contribution is -0.135. The van der Waals surface area contributed by atoms with E-state index in [1.165, 1.54) is 11.3 Å². The maximum Gasteiger partial charge on any atom is 0.253 e. The molecule has 5 rings (SSSR count). The first-order valence-corrected chi connectivity index (χ1v) is 13.6. The van der Waals surface area contributed by atoms with Crippen LogP contribution in [-0.2, 0) is 4.79 Å². The molecule has 0 bridgehead atoms. The van der Waals surface area contributed by atoms with Gasteiger partial charge in [-0.1, -0.05) is 29.8 Å². The standard InChI is InChI=1S/C31H34ClN3O4/c1-21-6-4-5-7-28(21)33-14-16-34(17-15-33)31(37)27-20-35(30(36)22-8-10-23(32)11-9-22)19-26(27)25-18-24(38-2)12-13-29(25)39-3/h4-13,18,26-27H,14-17,19-20H2,1-3H3/t26-,27-/m1/s1. The molecule has 3 aromatic carbocycles. The number of piperazine rings is 1. The third-order valence-electron chi connectivity index (χ3n) is 7.90. The molecule has 2 amide bonds. The van der Waals surface area contributed by atoms with Crippen molar-refractivity contribution in [1.82, 2.24) is 9.80 Å². The zero-order valence-corrected chi connectivity index (χ0v) is 23.4. The number of hydrogen-bond acceptors (Lipinski definition) is 5. The summed E-state index contributed by atoms with van der Waals surface area (Å²) < 4.78 is 11.2. The Labute approximate surface area is 234 Å². The number of carbonyl (C=O) groups is 2. The largest absolute Gasteiger partial charge is 0.497 e. The van der Waals surface area contributed by atoms with Gasteiger partial charge in [0.25, 0.3) is 5.91 Å². The molecule has 0 N–H and O–H groups in total. The summed E-state index contributed by atoms with van der Waals surface area (Å²) in [6.07, 6.45) is 0. The molecular weight excluding hydrogens is 514 g/mol. The second-order valence-corrected chi connectivity index (χ2v) is 10.6. The molecule has 8 heteroatoms. The molecule has 204 valence electrons. The molecule has 3 aromatic rings. The van der Waals surface area contributed by atoms with Gasteiger partial charge in [-0.2, -0.15) is 0 Å². The molecule has 2 aliphatic rings. The first-order chi connectivity index (χ1) is 18.9. The van der Waals surface area contributed by atoms with Gasteiger partial charge in [-0.05, 0) is 61.0 Å². The highest BCUT2D eigenvalue weighted by Gasteiger charge is 2.44. The Bertz CT molecular complexity index is 1340. The van der Waals surface area contributed by atoms with Crippen LogP contribution in [0.4, 0.5) is 5.69 Å². The summed E-state index contributed by atoms with van der Waals surface area (Å²) in [6.45, 7) is 5.67. The number of aryl methyl sites for hydroxylation is 1. The molecule has 0 aromatic heterocycles. The van der Waals surface area contributed by atoms with Crippen molar-refractivity contribution in [3.8, 4) is 11.5 Å². The van der Waals surface area contributed by atoms with Crippen LogP contribution in [0.25, 0.3) is 0 Å². The summed E-state index contributed by atoms with van der Waals surface area (Å²) in [4.78, 5) is 33.6. The third kappa shape index (κ3) is 5.55. The third-order valence-corrected chi connectivity index (χ3v) is 8.15. The number of methoxy groups -OCH3 is 2. The fraction of sp³-hybridized carbons (Fsp3) is 0.355. The van der Waals surface area contributed by atoms with E-state index in [1.807, 2.05) is 29.2 Å². The average Bonchev–Trinajstić information content (AvgIpc) is 3.42. The van der Waals surface area contributed by atoms with Crippen LogP contribution in [0, 0.1) is 12.8 Å². The Balaban J connectivity index is 1.40. The van der Waals surface area contributed by atoms with Crippen molar-refractivity contribution in [1.29, 1.82) is 0 Å². The molecule has 2 aliphatic heterocycles. The van der Waals surface area contributed by atoms with Crippen LogP contribution < -0.4 is 14.4 Å². The Morgan fingerprint density at radius 2 is 1.56 bits per heavy atom. The number of amides is 2. The molecular formula is C31H34ClN3O4. The summed E-state index contributed by atoms with van der Waals surface area (Å²) in [7, 11) is 3.24. The lowest BCUT2D eigenvalue weighted by atomic mass is 9.87. The molecule has 2 atom stereocenters. The van der Waals surface area contributed by atoms with Crippen molar-refractivity contribution in [2.24, 2.45) is 5.92 Å². The van der Waals surface area contributed by atoms with Crippen LogP contribution in [0.5, 0.6) is 11.5 Å². The van der Waals surface area contributed by atoms with Crippen LogP contribution >= 0.6 is 11.6 Å². The Morgan fingerprint density at radius 1 is 0.846 bits per heavy atom. The quantitative estimate of drug-likeness (QED) is 0.440. The van der Waals surface area contributed by atoms with Crippen LogP contribution in [0.3, 0.4) is 0 Å². The molecule has 2 fully saturated rings. The van der Waals surface area contributed by atoms with Gasteiger partial charge in [-0.15, -0.1) is 0 Å². The molecule has 39 heavy (non-hydrogen) atoms. The molecule has 7 nitrogen and oxygen atoms in total. The number of nitrogens with zero attached hydrogens (tertiary/aromatic N) is 3. The molecule has 0 saturated carbocycles. The van der Waals surface area contributed by atoms with E-state index >= 15 is 0 Å². The first kappa shape index (κ1) is 26.9. The van der Waals surface area contributed by atoms with E-state index < -0.39 is 5.92 Å². The van der Waals surface area contributed by atoms with Crippen molar-refractivity contribution in [3.05, 3.63) is 88.4 Å². The number of halogens is 1. The van der Waals surface area contributed by atoms with Gasteiger partial charge in [0.1, 0.15) is 11.5 Å². The number of para-hydroxylation sites is 1. The van der Waals surface area contributed by atoms with Crippen molar-refractivity contribution < 1.29 is 19.1 Å². The van der Waals surface area contributed by atoms with Crippen molar-refractivity contribution >= 4 is 29.1 Å². The molecule has 2 heterocycles. The second-order valence-electron chi connectivity index (χ2n) is 10.1. The topological polar surface area (TPSA) is 62.3 Å². The number of hydrogen-bond donors (Lipinski definition) is 0. The van der Waals surface area contributed by atoms with Gasteiger partial charge < -0.3 is 24.2 Å². The summed E-state index contributed by atoms with van der Waals surface area (Å²) >= 11 is 6.05. The van der Waals surface area contributed by atoms with Gasteiger partial charge in [0.2, 0.25) is 5.91 Å². The number of carbonyl (C=O) groups excluding carboxylic acids is 2. The van der Waals surface area contributed by atoms with Gasteiger partial charge in [0.05, 0.1) is 20.1 Å². The van der Waals surface area contributed by atoms with Crippen LogP contribution in [0.15, 0.2) is 66.7 Å². The minimum Gasteiger partial charge on any atom is -0.497 e. The van der Waals surface area contributed by atoms with Crippen molar-refractivity contribution in [3.63, 3.8) is 0 Å². The number of benzene rings is 3. The lowest BCUT2D eigenvalue weighted by Crippen LogP contribution is -2.51. The first-order valence-electron chi connectivity index (χ1n) is 13.3. The van der Waals surface area contributed by atoms with E-state index in [-0.39, 0.29) is 17.7 Å². The highest BCUT2D eigenvalue weighted by molar-refractivity contribution is 6.30. The fourth-order valence-electron chi connectivity index (χ4n) is 5.76. The minimum atomic E-state index is -0.396. The van der Waals surface area contributed by atoms with E-state index in [0.29, 0.717) is 48.3 Å². The molecule has 0 aliphatic carbocycles. The maximum absolute atomic E-state index is 14.1. The Morgan fingerprint density at radius 3 is 2.23 bits per heavy atom. The maximum atomic E-state index is 14.1. The monoisotopic (exact) mass is 547 g/mol. The fourth-order valence-corrected chi connectivity index (χ4v) is 5.89. The highest BCUT2D eigenvalue weighted by Crippen LogP contribution is 2.41. The lowest BCUT2D eigenvalue weighted by Gasteiger charge is -2.38.